The topological polar surface area (TPSA) is 30.3 Å². The van der Waals surface area contributed by atoms with E-state index < -0.39 is 0 Å². The zero-order valence-electron chi connectivity index (χ0n) is 14.5. The van der Waals surface area contributed by atoms with Gasteiger partial charge in [-0.2, -0.15) is 0 Å². The molecule has 0 bridgehead atoms. The van der Waals surface area contributed by atoms with Gasteiger partial charge in [-0.05, 0) is 37.0 Å². The van der Waals surface area contributed by atoms with Crippen molar-refractivity contribution in [3.63, 3.8) is 0 Å². The summed E-state index contributed by atoms with van der Waals surface area (Å²) in [5.74, 6) is 1.84. The second-order valence-electron chi connectivity index (χ2n) is 7.55. The Balaban J connectivity index is 2.04. The van der Waals surface area contributed by atoms with Gasteiger partial charge in [-0.25, -0.2) is 4.98 Å². The fraction of sp³-hybridized carbons (Fsp3) is 0.611. The molecule has 0 saturated carbocycles. The minimum Gasteiger partial charge on any atom is -0.381 e. The van der Waals surface area contributed by atoms with Gasteiger partial charge in [-0.3, -0.25) is 0 Å². The third-order valence-corrected chi connectivity index (χ3v) is 4.79. The van der Waals surface area contributed by atoms with E-state index >= 15 is 0 Å². The van der Waals surface area contributed by atoms with Crippen molar-refractivity contribution in [1.29, 1.82) is 0 Å². The monoisotopic (exact) mass is 333 g/mol. The maximum Gasteiger partial charge on any atom is 0.115 e. The fourth-order valence-electron chi connectivity index (χ4n) is 3.26. The van der Waals surface area contributed by atoms with E-state index in [4.69, 9.17) is 9.72 Å². The predicted octanol–water partition coefficient (Wildman–Crippen LogP) is 4.04. The number of fused-ring (bicyclic) bond motifs is 1. The maximum atomic E-state index is 5.51. The van der Waals surface area contributed by atoms with Gasteiger partial charge in [0.05, 0.1) is 11.0 Å². The van der Waals surface area contributed by atoms with Gasteiger partial charge >= 0.3 is 0 Å². The fourth-order valence-corrected chi connectivity index (χ4v) is 3.39. The Labute approximate surface area is 144 Å². The molecule has 1 aromatic carbocycles. The number of benzene rings is 1. The second-order valence-corrected chi connectivity index (χ2v) is 8.15. The molecule has 1 aliphatic rings. The van der Waals surface area contributed by atoms with Crippen molar-refractivity contribution < 1.29 is 4.74 Å². The van der Waals surface area contributed by atoms with Crippen LogP contribution in [-0.2, 0) is 16.7 Å². The van der Waals surface area contributed by atoms with E-state index in [1.807, 2.05) is 11.4 Å². The molecule has 0 unspecified atom stereocenters. The lowest BCUT2D eigenvalue weighted by Crippen LogP contribution is -2.25. The molecule has 126 valence electrons. The summed E-state index contributed by atoms with van der Waals surface area (Å²) in [6.45, 7) is 9.51. The van der Waals surface area contributed by atoms with Crippen LogP contribution in [0, 0.1) is 5.92 Å². The Morgan fingerprint density at radius 2 is 2.00 bits per heavy atom. The maximum absolute atomic E-state index is 5.51. The van der Waals surface area contributed by atoms with Crippen molar-refractivity contribution in [3.8, 4) is 0 Å². The van der Waals surface area contributed by atoms with E-state index in [-0.39, 0.29) is 5.41 Å². The first-order valence-corrected chi connectivity index (χ1v) is 8.77. The van der Waals surface area contributed by atoms with Crippen molar-refractivity contribution in [1.82, 2.24) is 9.55 Å². The van der Waals surface area contributed by atoms with Gasteiger partial charge in [-0.15, -0.1) is 0 Å². The molecule has 3 rings (SSSR count). The summed E-state index contributed by atoms with van der Waals surface area (Å²) in [5, 5.41) is 0. The zero-order chi connectivity index (χ0) is 16.6. The number of aromatic nitrogens is 2. The summed E-state index contributed by atoms with van der Waals surface area (Å²) in [6, 6.07) is 6.42. The first-order chi connectivity index (χ1) is 10.9. The molecular weight excluding hydrogens is 306 g/mol. The average Bonchev–Trinajstić information content (AvgIpc) is 2.86. The lowest BCUT2D eigenvalue weighted by atomic mass is 9.94. The van der Waals surface area contributed by atoms with Crippen molar-refractivity contribution >= 4 is 29.5 Å². The Kier molecular flexibility index (Phi) is 4.61. The molecule has 0 atom stereocenters. The average molecular weight is 334 g/mol. The number of rotatable bonds is 3. The molecule has 2 heterocycles. The van der Waals surface area contributed by atoms with Crippen LogP contribution in [0.1, 0.15) is 39.4 Å². The van der Waals surface area contributed by atoms with Crippen LogP contribution in [0.5, 0.6) is 0 Å². The van der Waals surface area contributed by atoms with Crippen molar-refractivity contribution in [2.75, 3.05) is 24.6 Å². The highest BCUT2D eigenvalue weighted by atomic mass is 32.1. The van der Waals surface area contributed by atoms with Crippen LogP contribution in [-0.4, -0.2) is 29.8 Å². The van der Waals surface area contributed by atoms with Gasteiger partial charge in [0.15, 0.2) is 0 Å². The second kappa shape index (κ2) is 6.36. The molecule has 0 spiro atoms. The summed E-state index contributed by atoms with van der Waals surface area (Å²) in [7, 11) is 1.94. The van der Waals surface area contributed by atoms with Crippen LogP contribution in [0.4, 0.5) is 5.69 Å². The van der Waals surface area contributed by atoms with Crippen LogP contribution in [0.2, 0.25) is 0 Å². The number of hydrogen-bond donors (Lipinski definition) is 1. The highest BCUT2D eigenvalue weighted by molar-refractivity contribution is 7.81. The lowest BCUT2D eigenvalue weighted by molar-refractivity contribution is 0.0611. The predicted molar refractivity (Wildman–Crippen MR) is 99.4 cm³/mol. The number of nitrogens with zero attached hydrogens (tertiary/aromatic N) is 3. The van der Waals surface area contributed by atoms with E-state index in [0.29, 0.717) is 5.92 Å². The van der Waals surface area contributed by atoms with Crippen molar-refractivity contribution in [2.24, 2.45) is 5.92 Å². The molecular formula is C18H27N3OS. The molecule has 23 heavy (non-hydrogen) atoms. The van der Waals surface area contributed by atoms with Crippen molar-refractivity contribution in [2.45, 2.75) is 45.6 Å². The molecule has 4 nitrogen and oxygen atoms in total. The quantitative estimate of drug-likeness (QED) is 0.860. The third-order valence-electron chi connectivity index (χ3n) is 4.56. The van der Waals surface area contributed by atoms with E-state index in [0.717, 1.165) is 49.6 Å². The van der Waals surface area contributed by atoms with Crippen molar-refractivity contribution in [3.05, 3.63) is 24.0 Å². The highest BCUT2D eigenvalue weighted by Crippen LogP contribution is 2.31. The number of anilines is 1. The summed E-state index contributed by atoms with van der Waals surface area (Å²) in [5.41, 5.74) is 3.37. The highest BCUT2D eigenvalue weighted by Gasteiger charge is 2.25. The van der Waals surface area contributed by atoms with E-state index in [1.54, 1.807) is 0 Å². The smallest absolute Gasteiger partial charge is 0.115 e. The first kappa shape index (κ1) is 16.7. The minimum atomic E-state index is 0.0250. The normalized spacial score (nSPS) is 16.9. The standard InChI is InChI=1S/C18H27N3OS/c1-18(2,3)17-19-15-11-14(20(4)23)5-6-16(15)21(17)12-13-7-9-22-10-8-13/h5-6,11,13,23H,7-10,12H2,1-4H3. The van der Waals surface area contributed by atoms with E-state index in [2.05, 4.69) is 56.4 Å². The number of thiol groups is 1. The lowest BCUT2D eigenvalue weighted by Gasteiger charge is -2.26. The largest absolute Gasteiger partial charge is 0.381 e. The number of imidazole rings is 1. The van der Waals surface area contributed by atoms with Crippen LogP contribution in [0.25, 0.3) is 11.0 Å². The summed E-state index contributed by atoms with van der Waals surface area (Å²) in [4.78, 5) is 4.96. The summed E-state index contributed by atoms with van der Waals surface area (Å²) >= 11 is 4.39. The van der Waals surface area contributed by atoms with Crippen LogP contribution >= 0.6 is 12.8 Å². The van der Waals surface area contributed by atoms with E-state index in [1.165, 1.54) is 5.52 Å². The van der Waals surface area contributed by atoms with Gasteiger partial charge in [0.25, 0.3) is 0 Å². The van der Waals surface area contributed by atoms with Crippen LogP contribution in [0.15, 0.2) is 18.2 Å². The molecule has 0 radical (unpaired) electrons. The summed E-state index contributed by atoms with van der Waals surface area (Å²) in [6.07, 6.45) is 2.28. The molecule has 1 fully saturated rings. The third kappa shape index (κ3) is 3.50. The Morgan fingerprint density at radius 3 is 2.61 bits per heavy atom. The van der Waals surface area contributed by atoms with Gasteiger partial charge in [0, 0.05) is 37.9 Å². The minimum absolute atomic E-state index is 0.0250. The Bertz CT molecular complexity index is 681. The molecule has 5 heteroatoms. The molecule has 1 saturated heterocycles. The molecule has 2 aromatic rings. The summed E-state index contributed by atoms with van der Waals surface area (Å²) < 4.78 is 9.76. The molecule has 1 aliphatic heterocycles. The first-order valence-electron chi connectivity index (χ1n) is 8.37. The SMILES string of the molecule is CN(S)c1ccc2c(c1)nc(C(C)(C)C)n2CC1CCOCC1. The van der Waals surface area contributed by atoms with Gasteiger partial charge < -0.3 is 13.6 Å². The van der Waals surface area contributed by atoms with Crippen LogP contribution in [0.3, 0.4) is 0 Å². The van der Waals surface area contributed by atoms with Crippen LogP contribution < -0.4 is 4.31 Å². The van der Waals surface area contributed by atoms with Gasteiger partial charge in [-0.1, -0.05) is 33.6 Å². The number of hydrogen-bond acceptors (Lipinski definition) is 4. The molecule has 1 aromatic heterocycles. The van der Waals surface area contributed by atoms with Gasteiger partial charge in [0.2, 0.25) is 0 Å². The zero-order valence-corrected chi connectivity index (χ0v) is 15.4. The van der Waals surface area contributed by atoms with Gasteiger partial charge in [0.1, 0.15) is 5.82 Å². The molecule has 0 N–H and O–H groups in total. The molecule has 0 aliphatic carbocycles. The van der Waals surface area contributed by atoms with E-state index in [9.17, 15) is 0 Å². The molecule has 0 amide bonds. The number of ether oxygens (including phenoxy) is 1. The Hall–Kier alpha value is -1.20. The Morgan fingerprint density at radius 1 is 1.30 bits per heavy atom.